The average molecular weight is 420 g/mol. The molecule has 4 amide bonds. The monoisotopic (exact) mass is 420 g/mol. The first-order chi connectivity index (χ1) is 14.8. The molecular weight excluding hydrogens is 396 g/mol. The number of carbonyl (C=O) groups is 4. The van der Waals surface area contributed by atoms with Crippen LogP contribution in [-0.4, -0.2) is 34.6 Å². The van der Waals surface area contributed by atoms with Gasteiger partial charge in [0.25, 0.3) is 11.8 Å². The highest BCUT2D eigenvalue weighted by Crippen LogP contribution is 2.28. The van der Waals surface area contributed by atoms with Gasteiger partial charge in [0, 0.05) is 25.6 Å². The number of nitrogens with zero attached hydrogens (tertiary/aromatic N) is 1. The van der Waals surface area contributed by atoms with Gasteiger partial charge in [0.15, 0.2) is 0 Å². The fourth-order valence-corrected chi connectivity index (χ4v) is 3.92. The lowest BCUT2D eigenvalue weighted by atomic mass is 10.0. The molecule has 2 aromatic rings. The fraction of sp³-hybridized carbons (Fsp3) is 0.304. The highest BCUT2D eigenvalue weighted by molar-refractivity contribution is 6.23. The highest BCUT2D eigenvalue weighted by Gasteiger charge is 2.44. The highest BCUT2D eigenvalue weighted by atomic mass is 16.2. The van der Waals surface area contributed by atoms with E-state index >= 15 is 0 Å². The number of carbonyl (C=O) groups excluding carboxylic acids is 4. The van der Waals surface area contributed by atoms with E-state index in [0.29, 0.717) is 13.1 Å². The zero-order valence-corrected chi connectivity index (χ0v) is 17.2. The molecule has 8 nitrogen and oxygen atoms in total. The van der Waals surface area contributed by atoms with Crippen LogP contribution in [0.5, 0.6) is 0 Å². The normalized spacial score (nSPS) is 19.4. The summed E-state index contributed by atoms with van der Waals surface area (Å²) in [5.74, 6) is -1.99. The van der Waals surface area contributed by atoms with E-state index in [1.54, 1.807) is 18.2 Å². The van der Waals surface area contributed by atoms with Gasteiger partial charge in [-0.1, -0.05) is 30.3 Å². The van der Waals surface area contributed by atoms with Gasteiger partial charge in [-0.2, -0.15) is 0 Å². The molecule has 0 aliphatic carbocycles. The molecule has 1 unspecified atom stereocenters. The Morgan fingerprint density at radius 2 is 1.65 bits per heavy atom. The standard InChI is InChI=1S/C23H24N4O4/c1-13(24)16-5-2-14(3-6-16)11-25-12-15-4-7-17-18(10-15)23(31)27(22(17)30)19-8-9-20(28)26-21(19)29/h2-7,10,13,19,25H,8-9,11-12,24H2,1H3,(H,26,28,29)/t13-,19?/m1/s1. The Labute approximate surface area is 179 Å². The predicted octanol–water partition coefficient (Wildman–Crippen LogP) is 1.40. The van der Waals surface area contributed by atoms with Crippen molar-refractivity contribution in [3.63, 3.8) is 0 Å². The molecule has 8 heteroatoms. The molecule has 160 valence electrons. The summed E-state index contributed by atoms with van der Waals surface area (Å²) in [5.41, 5.74) is 9.48. The molecule has 2 aromatic carbocycles. The van der Waals surface area contributed by atoms with Crippen LogP contribution in [0.15, 0.2) is 42.5 Å². The van der Waals surface area contributed by atoms with E-state index < -0.39 is 29.7 Å². The largest absolute Gasteiger partial charge is 0.324 e. The summed E-state index contributed by atoms with van der Waals surface area (Å²) in [6.07, 6.45) is 0.246. The topological polar surface area (TPSA) is 122 Å². The molecule has 2 aliphatic rings. The van der Waals surface area contributed by atoms with Crippen LogP contribution in [0.1, 0.15) is 63.2 Å². The summed E-state index contributed by atoms with van der Waals surface area (Å²) >= 11 is 0. The molecule has 0 radical (unpaired) electrons. The molecule has 1 fully saturated rings. The molecular formula is C23H24N4O4. The second kappa shape index (κ2) is 8.41. The quantitative estimate of drug-likeness (QED) is 0.608. The Kier molecular flexibility index (Phi) is 5.67. The molecule has 0 bridgehead atoms. The fourth-order valence-electron chi connectivity index (χ4n) is 3.92. The third kappa shape index (κ3) is 4.12. The van der Waals surface area contributed by atoms with Crippen molar-refractivity contribution in [1.29, 1.82) is 0 Å². The van der Waals surface area contributed by atoms with Crippen molar-refractivity contribution in [2.24, 2.45) is 5.73 Å². The maximum absolute atomic E-state index is 12.9. The van der Waals surface area contributed by atoms with E-state index in [9.17, 15) is 19.2 Å². The summed E-state index contributed by atoms with van der Waals surface area (Å²) in [6.45, 7) is 3.10. The number of hydrogen-bond acceptors (Lipinski definition) is 6. The number of fused-ring (bicyclic) bond motifs is 1. The second-order valence-electron chi connectivity index (χ2n) is 7.96. The van der Waals surface area contributed by atoms with Crippen molar-refractivity contribution >= 4 is 23.6 Å². The first kappa shape index (κ1) is 20.9. The van der Waals surface area contributed by atoms with E-state index in [2.05, 4.69) is 10.6 Å². The van der Waals surface area contributed by atoms with Gasteiger partial charge in [-0.05, 0) is 42.2 Å². The molecule has 4 rings (SSSR count). The van der Waals surface area contributed by atoms with Gasteiger partial charge in [-0.15, -0.1) is 0 Å². The Bertz CT molecular complexity index is 1060. The Morgan fingerprint density at radius 3 is 2.32 bits per heavy atom. The van der Waals surface area contributed by atoms with Crippen LogP contribution >= 0.6 is 0 Å². The first-order valence-corrected chi connectivity index (χ1v) is 10.2. The van der Waals surface area contributed by atoms with Gasteiger partial charge in [0.2, 0.25) is 11.8 Å². The lowest BCUT2D eigenvalue weighted by Crippen LogP contribution is -2.54. The minimum atomic E-state index is -0.953. The van der Waals surface area contributed by atoms with Gasteiger partial charge in [-0.25, -0.2) is 0 Å². The molecule has 0 saturated carbocycles. The smallest absolute Gasteiger partial charge is 0.262 e. The van der Waals surface area contributed by atoms with E-state index in [4.69, 9.17) is 5.73 Å². The number of nitrogens with two attached hydrogens (primary N) is 1. The van der Waals surface area contributed by atoms with Gasteiger partial charge in [0.1, 0.15) is 6.04 Å². The van der Waals surface area contributed by atoms with Gasteiger partial charge in [-0.3, -0.25) is 29.4 Å². The lowest BCUT2D eigenvalue weighted by Gasteiger charge is -2.27. The van der Waals surface area contributed by atoms with E-state index in [0.717, 1.165) is 21.6 Å². The SMILES string of the molecule is C[C@@H](N)c1ccc(CNCc2ccc3c(c2)C(=O)N(C2CCC(=O)NC2=O)C3=O)cc1. The third-order valence-electron chi connectivity index (χ3n) is 5.67. The van der Waals surface area contributed by atoms with Crippen LogP contribution in [0, 0.1) is 0 Å². The molecule has 2 heterocycles. The van der Waals surface area contributed by atoms with Crippen LogP contribution in [0.2, 0.25) is 0 Å². The van der Waals surface area contributed by atoms with Crippen molar-refractivity contribution in [3.05, 3.63) is 70.3 Å². The zero-order valence-electron chi connectivity index (χ0n) is 17.2. The first-order valence-electron chi connectivity index (χ1n) is 10.2. The van der Waals surface area contributed by atoms with Crippen molar-refractivity contribution in [2.75, 3.05) is 0 Å². The number of hydrogen-bond donors (Lipinski definition) is 3. The molecule has 0 spiro atoms. The van der Waals surface area contributed by atoms with Gasteiger partial charge >= 0.3 is 0 Å². The average Bonchev–Trinajstić information content (AvgIpc) is 2.99. The minimum Gasteiger partial charge on any atom is -0.324 e. The van der Waals surface area contributed by atoms with Crippen LogP contribution < -0.4 is 16.4 Å². The van der Waals surface area contributed by atoms with E-state index in [1.165, 1.54) is 0 Å². The third-order valence-corrected chi connectivity index (χ3v) is 5.67. The Balaban J connectivity index is 1.42. The van der Waals surface area contributed by atoms with Gasteiger partial charge in [0.05, 0.1) is 11.1 Å². The van der Waals surface area contributed by atoms with Crippen LogP contribution in [0.25, 0.3) is 0 Å². The Morgan fingerprint density at radius 1 is 1.00 bits per heavy atom. The predicted molar refractivity (Wildman–Crippen MR) is 113 cm³/mol. The number of nitrogens with one attached hydrogen (secondary N) is 2. The van der Waals surface area contributed by atoms with E-state index in [1.807, 2.05) is 31.2 Å². The number of amides is 4. The molecule has 0 aromatic heterocycles. The number of imide groups is 2. The summed E-state index contributed by atoms with van der Waals surface area (Å²) in [6, 6.07) is 12.2. The number of rotatable bonds is 6. The number of piperidine rings is 1. The van der Waals surface area contributed by atoms with Crippen LogP contribution in [0.4, 0.5) is 0 Å². The van der Waals surface area contributed by atoms with Crippen LogP contribution in [0.3, 0.4) is 0 Å². The summed E-state index contributed by atoms with van der Waals surface area (Å²) in [4.78, 5) is 50.1. The molecule has 4 N–H and O–H groups in total. The van der Waals surface area contributed by atoms with E-state index in [-0.39, 0.29) is 30.0 Å². The molecule has 31 heavy (non-hydrogen) atoms. The lowest BCUT2D eigenvalue weighted by molar-refractivity contribution is -0.136. The van der Waals surface area contributed by atoms with Gasteiger partial charge < -0.3 is 11.1 Å². The summed E-state index contributed by atoms with van der Waals surface area (Å²) in [7, 11) is 0. The van der Waals surface area contributed by atoms with Crippen molar-refractivity contribution < 1.29 is 19.2 Å². The van der Waals surface area contributed by atoms with Crippen molar-refractivity contribution in [2.45, 2.75) is 44.9 Å². The van der Waals surface area contributed by atoms with Crippen molar-refractivity contribution in [1.82, 2.24) is 15.5 Å². The summed E-state index contributed by atoms with van der Waals surface area (Å²) < 4.78 is 0. The molecule has 1 saturated heterocycles. The maximum Gasteiger partial charge on any atom is 0.262 e. The summed E-state index contributed by atoms with van der Waals surface area (Å²) in [5, 5.41) is 5.53. The minimum absolute atomic E-state index is 0.00610. The van der Waals surface area contributed by atoms with Crippen molar-refractivity contribution in [3.8, 4) is 0 Å². The Hall–Kier alpha value is -3.36. The maximum atomic E-state index is 12.9. The van der Waals surface area contributed by atoms with Crippen LogP contribution in [-0.2, 0) is 22.7 Å². The second-order valence-corrected chi connectivity index (χ2v) is 7.96. The molecule has 2 atom stereocenters. The molecule has 2 aliphatic heterocycles. The number of benzene rings is 2. The zero-order chi connectivity index (χ0) is 22.1.